The molecule has 0 aliphatic heterocycles. The standard InChI is InChI=1S/C6H17ClN2Si/c1-6(2)10(7)9-5-4-8-3/h6,8-10H,4-5H2,1-3H3. The topological polar surface area (TPSA) is 24.1 Å². The van der Waals surface area contributed by atoms with Gasteiger partial charge in [-0.15, -0.1) is 0 Å². The number of likely N-dealkylation sites (N-methyl/N-ethyl adjacent to an activating group) is 1. The van der Waals surface area contributed by atoms with Crippen molar-refractivity contribution in [3.63, 3.8) is 0 Å². The SMILES string of the molecule is CNCCN[SiH](Cl)C(C)C. The Balaban J connectivity index is 3.13. The summed E-state index contributed by atoms with van der Waals surface area (Å²) < 4.78 is 0. The first kappa shape index (κ1) is 10.4. The van der Waals surface area contributed by atoms with Gasteiger partial charge in [-0.25, -0.2) is 0 Å². The molecular formula is C6H17ClN2Si. The summed E-state index contributed by atoms with van der Waals surface area (Å²) in [6.07, 6.45) is 0. The minimum absolute atomic E-state index is 0.638. The molecule has 0 amide bonds. The molecule has 0 aromatic rings. The largest absolute Gasteiger partial charge is 0.326 e. The zero-order valence-electron chi connectivity index (χ0n) is 6.95. The summed E-state index contributed by atoms with van der Waals surface area (Å²) in [5.74, 6) is 0. The molecule has 0 radical (unpaired) electrons. The van der Waals surface area contributed by atoms with E-state index in [1.807, 2.05) is 7.05 Å². The Bertz CT molecular complexity index is 80.1. The zero-order valence-corrected chi connectivity index (χ0v) is 8.86. The lowest BCUT2D eigenvalue weighted by Crippen LogP contribution is -2.35. The van der Waals surface area contributed by atoms with Crippen LogP contribution in [-0.2, 0) is 0 Å². The van der Waals surface area contributed by atoms with E-state index in [1.165, 1.54) is 0 Å². The second kappa shape index (κ2) is 6.16. The van der Waals surface area contributed by atoms with E-state index in [2.05, 4.69) is 24.1 Å². The van der Waals surface area contributed by atoms with Crippen LogP contribution in [0.3, 0.4) is 0 Å². The van der Waals surface area contributed by atoms with Crippen molar-refractivity contribution in [2.45, 2.75) is 19.4 Å². The second-order valence-corrected chi connectivity index (χ2v) is 6.66. The molecule has 0 fully saturated rings. The van der Waals surface area contributed by atoms with Gasteiger partial charge in [0, 0.05) is 13.1 Å². The number of rotatable bonds is 5. The molecule has 0 saturated carbocycles. The number of hydrogen-bond donors (Lipinski definition) is 2. The van der Waals surface area contributed by atoms with Crippen LogP contribution in [0.1, 0.15) is 13.8 Å². The Morgan fingerprint density at radius 1 is 1.40 bits per heavy atom. The van der Waals surface area contributed by atoms with Gasteiger partial charge in [0.25, 0.3) is 0 Å². The van der Waals surface area contributed by atoms with Crippen LogP contribution in [0.15, 0.2) is 0 Å². The summed E-state index contributed by atoms with van der Waals surface area (Å²) in [6.45, 7) is 6.32. The first-order valence-electron chi connectivity index (χ1n) is 3.70. The molecule has 1 unspecified atom stereocenters. The smallest absolute Gasteiger partial charge is 0.213 e. The molecule has 0 saturated heterocycles. The van der Waals surface area contributed by atoms with Gasteiger partial charge in [0.2, 0.25) is 8.27 Å². The average molecular weight is 181 g/mol. The maximum atomic E-state index is 6.05. The van der Waals surface area contributed by atoms with Crippen LogP contribution in [0.4, 0.5) is 0 Å². The highest BCUT2D eigenvalue weighted by Gasteiger charge is 2.09. The van der Waals surface area contributed by atoms with Crippen LogP contribution >= 0.6 is 11.1 Å². The highest BCUT2D eigenvalue weighted by molar-refractivity contribution is 7.06. The van der Waals surface area contributed by atoms with Crippen LogP contribution < -0.4 is 10.3 Å². The van der Waals surface area contributed by atoms with Crippen molar-refractivity contribution >= 4 is 19.3 Å². The van der Waals surface area contributed by atoms with Crippen molar-refractivity contribution in [1.82, 2.24) is 10.3 Å². The van der Waals surface area contributed by atoms with E-state index in [0.717, 1.165) is 13.1 Å². The molecule has 1 atom stereocenters. The Labute approximate surface area is 69.7 Å². The number of nitrogens with one attached hydrogen (secondary N) is 2. The van der Waals surface area contributed by atoms with Crippen molar-refractivity contribution in [3.05, 3.63) is 0 Å². The van der Waals surface area contributed by atoms with E-state index >= 15 is 0 Å². The van der Waals surface area contributed by atoms with Crippen molar-refractivity contribution in [1.29, 1.82) is 0 Å². The van der Waals surface area contributed by atoms with Crippen LogP contribution in [0.2, 0.25) is 5.54 Å². The van der Waals surface area contributed by atoms with Gasteiger partial charge in [-0.2, -0.15) is 11.1 Å². The monoisotopic (exact) mass is 180 g/mol. The average Bonchev–Trinajstić information content (AvgIpc) is 1.88. The third-order valence-electron chi connectivity index (χ3n) is 1.30. The van der Waals surface area contributed by atoms with Crippen molar-refractivity contribution < 1.29 is 0 Å². The van der Waals surface area contributed by atoms with E-state index < -0.39 is 8.27 Å². The molecule has 4 heteroatoms. The lowest BCUT2D eigenvalue weighted by Gasteiger charge is -2.12. The van der Waals surface area contributed by atoms with E-state index in [9.17, 15) is 0 Å². The Hall–Kier alpha value is 0.427. The first-order valence-corrected chi connectivity index (χ1v) is 6.69. The maximum absolute atomic E-state index is 6.05. The molecule has 0 aromatic heterocycles. The number of hydrogen-bond acceptors (Lipinski definition) is 2. The normalized spacial score (nSPS) is 14.1. The molecule has 0 bridgehead atoms. The Kier molecular flexibility index (Phi) is 6.42. The first-order chi connectivity index (χ1) is 4.68. The fourth-order valence-corrected chi connectivity index (χ4v) is 1.79. The van der Waals surface area contributed by atoms with E-state index in [1.54, 1.807) is 0 Å². The highest BCUT2D eigenvalue weighted by atomic mass is 35.6. The molecular weight excluding hydrogens is 164 g/mol. The van der Waals surface area contributed by atoms with Gasteiger partial charge in [0.1, 0.15) is 0 Å². The van der Waals surface area contributed by atoms with Gasteiger partial charge < -0.3 is 10.3 Å². The lowest BCUT2D eigenvalue weighted by molar-refractivity contribution is 0.759. The summed E-state index contributed by atoms with van der Waals surface area (Å²) in [5, 5.41) is 3.06. The fraction of sp³-hybridized carbons (Fsp3) is 1.00. The summed E-state index contributed by atoms with van der Waals surface area (Å²) in [4.78, 5) is 3.32. The van der Waals surface area contributed by atoms with Gasteiger partial charge >= 0.3 is 0 Å². The molecule has 0 aromatic carbocycles. The summed E-state index contributed by atoms with van der Waals surface area (Å²) in [7, 11) is 0.821. The molecule has 0 spiro atoms. The third-order valence-corrected chi connectivity index (χ3v) is 5.12. The molecule has 62 valence electrons. The molecule has 0 heterocycles. The fourth-order valence-electron chi connectivity index (χ4n) is 0.571. The minimum Gasteiger partial charge on any atom is -0.326 e. The summed E-state index contributed by atoms with van der Waals surface area (Å²) in [5.41, 5.74) is 0.638. The van der Waals surface area contributed by atoms with Gasteiger partial charge in [-0.3, -0.25) is 0 Å². The van der Waals surface area contributed by atoms with Crippen LogP contribution in [0, 0.1) is 0 Å². The lowest BCUT2D eigenvalue weighted by atomic mass is 10.6. The molecule has 0 rings (SSSR count). The van der Waals surface area contributed by atoms with Gasteiger partial charge in [-0.1, -0.05) is 13.8 Å². The van der Waals surface area contributed by atoms with Crippen molar-refractivity contribution in [2.24, 2.45) is 0 Å². The summed E-state index contributed by atoms with van der Waals surface area (Å²) >= 11 is 6.05. The van der Waals surface area contributed by atoms with Crippen molar-refractivity contribution in [3.8, 4) is 0 Å². The third kappa shape index (κ3) is 5.23. The Morgan fingerprint density at radius 3 is 2.40 bits per heavy atom. The predicted octanol–water partition coefficient (Wildman–Crippen LogP) is 0.665. The quantitative estimate of drug-likeness (QED) is 0.369. The molecule has 0 aliphatic rings. The number of halogens is 1. The Morgan fingerprint density at radius 2 is 2.00 bits per heavy atom. The van der Waals surface area contributed by atoms with E-state index in [4.69, 9.17) is 11.1 Å². The minimum atomic E-state index is -1.12. The summed E-state index contributed by atoms with van der Waals surface area (Å²) in [6, 6.07) is 0. The molecule has 10 heavy (non-hydrogen) atoms. The van der Waals surface area contributed by atoms with E-state index in [-0.39, 0.29) is 0 Å². The molecule has 2 N–H and O–H groups in total. The maximum Gasteiger partial charge on any atom is 0.213 e. The molecule has 0 aliphatic carbocycles. The predicted molar refractivity (Wildman–Crippen MR) is 50.0 cm³/mol. The van der Waals surface area contributed by atoms with Crippen LogP contribution in [0.25, 0.3) is 0 Å². The second-order valence-electron chi connectivity index (χ2n) is 2.70. The highest BCUT2D eigenvalue weighted by Crippen LogP contribution is 2.06. The van der Waals surface area contributed by atoms with Gasteiger partial charge in [-0.05, 0) is 12.6 Å². The van der Waals surface area contributed by atoms with Crippen molar-refractivity contribution in [2.75, 3.05) is 20.1 Å². The van der Waals surface area contributed by atoms with E-state index in [0.29, 0.717) is 5.54 Å². The van der Waals surface area contributed by atoms with Gasteiger partial charge in [0.15, 0.2) is 0 Å². The van der Waals surface area contributed by atoms with Gasteiger partial charge in [0.05, 0.1) is 0 Å². The van der Waals surface area contributed by atoms with Crippen LogP contribution in [-0.4, -0.2) is 28.4 Å². The molecule has 2 nitrogen and oxygen atoms in total. The zero-order chi connectivity index (χ0) is 7.98. The van der Waals surface area contributed by atoms with Crippen LogP contribution in [0.5, 0.6) is 0 Å².